The number of likely N-dealkylation sites (tertiary alicyclic amines) is 1. The number of aromatic nitrogens is 2. The molecule has 2 saturated heterocycles. The first-order valence-corrected chi connectivity index (χ1v) is 11.5. The third-order valence-corrected chi connectivity index (χ3v) is 7.17. The number of piperazine rings is 1. The van der Waals surface area contributed by atoms with Gasteiger partial charge in [0, 0.05) is 45.0 Å². The third-order valence-electron chi connectivity index (χ3n) is 7.17. The summed E-state index contributed by atoms with van der Waals surface area (Å²) in [4.78, 5) is 33.1. The van der Waals surface area contributed by atoms with Gasteiger partial charge in [-0.2, -0.15) is 4.98 Å². The Hall–Kier alpha value is -2.75. The molecule has 1 spiro atoms. The number of piperidine rings is 1. The largest absolute Gasteiger partial charge is 0.354 e. The summed E-state index contributed by atoms with van der Waals surface area (Å²) >= 11 is 0. The molecule has 3 fully saturated rings. The van der Waals surface area contributed by atoms with Crippen molar-refractivity contribution in [2.24, 2.45) is 11.1 Å². The van der Waals surface area contributed by atoms with E-state index in [0.29, 0.717) is 24.5 Å². The zero-order chi connectivity index (χ0) is 22.1. The maximum atomic E-state index is 12.6. The topological polar surface area (TPSA) is 109 Å². The molecule has 4 N–H and O–H groups in total. The molecule has 32 heavy (non-hydrogen) atoms. The zero-order valence-electron chi connectivity index (χ0n) is 18.3. The van der Waals surface area contributed by atoms with Crippen molar-refractivity contribution in [3.63, 3.8) is 0 Å². The minimum Gasteiger partial charge on any atom is -0.327 e. The number of urea groups is 1. The highest BCUT2D eigenvalue weighted by Gasteiger charge is 2.52. The van der Waals surface area contributed by atoms with Crippen molar-refractivity contribution >= 4 is 11.8 Å². The standard InChI is InChI=1S/C23H31N7O2/c24-19-15-23(19)6-11-28(12-7-23)16-17-1-3-18(4-2-17)30-10-5-20(27-22(30)32)26-21(31)29-13-8-25-9-14-29/h1-5,10,19,25H,6-9,11-16,24H2,(H,26,27,31,32). The minimum absolute atomic E-state index is 0.229. The zero-order valence-corrected chi connectivity index (χ0v) is 18.3. The first kappa shape index (κ1) is 21.1. The Morgan fingerprint density at radius 1 is 1.12 bits per heavy atom. The number of amides is 2. The summed E-state index contributed by atoms with van der Waals surface area (Å²) in [5, 5.41) is 5.92. The number of nitrogens with one attached hydrogen (secondary N) is 2. The predicted molar refractivity (Wildman–Crippen MR) is 123 cm³/mol. The van der Waals surface area contributed by atoms with Crippen LogP contribution in [0.3, 0.4) is 0 Å². The van der Waals surface area contributed by atoms with Crippen LogP contribution in [0.25, 0.3) is 5.69 Å². The van der Waals surface area contributed by atoms with E-state index in [-0.39, 0.29) is 11.8 Å². The molecule has 3 aliphatic rings. The highest BCUT2D eigenvalue weighted by atomic mass is 16.2. The minimum atomic E-state index is -0.419. The van der Waals surface area contributed by atoms with Crippen LogP contribution in [0.4, 0.5) is 10.6 Å². The van der Waals surface area contributed by atoms with Crippen molar-refractivity contribution in [3.8, 4) is 5.69 Å². The fraction of sp³-hybridized carbons (Fsp3) is 0.522. The van der Waals surface area contributed by atoms with Crippen molar-refractivity contribution in [3.05, 3.63) is 52.6 Å². The van der Waals surface area contributed by atoms with Crippen molar-refractivity contribution < 1.29 is 4.79 Å². The first-order valence-electron chi connectivity index (χ1n) is 11.5. The lowest BCUT2D eigenvalue weighted by molar-refractivity contribution is 0.162. The monoisotopic (exact) mass is 437 g/mol. The Kier molecular flexibility index (Phi) is 5.71. The fourth-order valence-electron chi connectivity index (χ4n) is 4.86. The molecule has 5 rings (SSSR count). The summed E-state index contributed by atoms with van der Waals surface area (Å²) in [5.74, 6) is 0.268. The van der Waals surface area contributed by atoms with Crippen molar-refractivity contribution in [2.45, 2.75) is 31.8 Å². The summed E-state index contributed by atoms with van der Waals surface area (Å²) in [6, 6.07) is 9.86. The van der Waals surface area contributed by atoms with E-state index in [1.165, 1.54) is 29.4 Å². The predicted octanol–water partition coefficient (Wildman–Crippen LogP) is 0.983. The highest BCUT2D eigenvalue weighted by molar-refractivity contribution is 5.88. The molecule has 1 aliphatic carbocycles. The van der Waals surface area contributed by atoms with Crippen LogP contribution in [0.1, 0.15) is 24.8 Å². The second-order valence-electron chi connectivity index (χ2n) is 9.25. The van der Waals surface area contributed by atoms with Gasteiger partial charge in [-0.25, -0.2) is 9.59 Å². The van der Waals surface area contributed by atoms with Gasteiger partial charge in [-0.3, -0.25) is 14.8 Å². The number of anilines is 1. The molecule has 1 saturated carbocycles. The quantitative estimate of drug-likeness (QED) is 0.658. The second-order valence-corrected chi connectivity index (χ2v) is 9.25. The maximum absolute atomic E-state index is 12.6. The molecule has 2 aliphatic heterocycles. The van der Waals surface area contributed by atoms with Crippen LogP contribution in [0.15, 0.2) is 41.3 Å². The molecule has 170 valence electrons. The molecular weight excluding hydrogens is 406 g/mol. The van der Waals surface area contributed by atoms with Gasteiger partial charge in [-0.15, -0.1) is 0 Å². The van der Waals surface area contributed by atoms with Gasteiger partial charge in [0.05, 0.1) is 5.69 Å². The molecule has 9 nitrogen and oxygen atoms in total. The van der Waals surface area contributed by atoms with E-state index in [1.807, 2.05) is 12.1 Å². The SMILES string of the molecule is NC1CC12CCN(Cc1ccc(-n3ccc(NC(=O)N4CCNCC4)nc3=O)cc1)CC2. The second kappa shape index (κ2) is 8.65. The van der Waals surface area contributed by atoms with Crippen LogP contribution >= 0.6 is 0 Å². The Bertz CT molecular complexity index is 1020. The Morgan fingerprint density at radius 2 is 1.81 bits per heavy atom. The smallest absolute Gasteiger partial charge is 0.327 e. The van der Waals surface area contributed by atoms with Crippen LogP contribution in [-0.4, -0.2) is 70.7 Å². The molecule has 1 aromatic heterocycles. The summed E-state index contributed by atoms with van der Waals surface area (Å²) in [7, 11) is 0. The highest BCUT2D eigenvalue weighted by Crippen LogP contribution is 2.52. The molecule has 2 amide bonds. The van der Waals surface area contributed by atoms with Crippen molar-refractivity contribution in [1.29, 1.82) is 0 Å². The Labute approximate surface area is 187 Å². The van der Waals surface area contributed by atoms with Gasteiger partial charge in [0.15, 0.2) is 0 Å². The normalized spacial score (nSPS) is 22.7. The van der Waals surface area contributed by atoms with Crippen LogP contribution < -0.4 is 22.1 Å². The number of carbonyl (C=O) groups is 1. The van der Waals surface area contributed by atoms with E-state index >= 15 is 0 Å². The van der Waals surface area contributed by atoms with Gasteiger partial charge in [-0.1, -0.05) is 12.1 Å². The molecule has 1 atom stereocenters. The lowest BCUT2D eigenvalue weighted by Crippen LogP contribution is -2.48. The van der Waals surface area contributed by atoms with E-state index in [9.17, 15) is 9.59 Å². The number of nitrogens with two attached hydrogens (primary N) is 1. The number of hydrogen-bond donors (Lipinski definition) is 3. The first-order chi connectivity index (χ1) is 15.5. The number of hydrogen-bond acceptors (Lipinski definition) is 6. The third kappa shape index (κ3) is 4.41. The van der Waals surface area contributed by atoms with Gasteiger partial charge in [0.1, 0.15) is 5.82 Å². The maximum Gasteiger partial charge on any atom is 0.354 e. The summed E-state index contributed by atoms with van der Waals surface area (Å²) in [6.07, 6.45) is 5.24. The molecule has 2 aromatic rings. The molecule has 0 radical (unpaired) electrons. The van der Waals surface area contributed by atoms with E-state index in [0.717, 1.165) is 38.4 Å². The number of rotatable bonds is 4. The summed E-state index contributed by atoms with van der Waals surface area (Å²) < 4.78 is 1.49. The van der Waals surface area contributed by atoms with E-state index in [1.54, 1.807) is 17.2 Å². The molecule has 1 aromatic carbocycles. The number of nitrogens with zero attached hydrogens (tertiary/aromatic N) is 4. The Balaban J connectivity index is 1.19. The van der Waals surface area contributed by atoms with Crippen LogP contribution in [-0.2, 0) is 6.54 Å². The van der Waals surface area contributed by atoms with Crippen LogP contribution in [0.2, 0.25) is 0 Å². The van der Waals surface area contributed by atoms with Gasteiger partial charge in [-0.05, 0) is 61.5 Å². The number of benzene rings is 1. The van der Waals surface area contributed by atoms with E-state index in [4.69, 9.17) is 5.73 Å². The molecular formula is C23H31N7O2. The lowest BCUT2D eigenvalue weighted by Gasteiger charge is -2.32. The number of carbonyl (C=O) groups excluding carboxylic acids is 1. The van der Waals surface area contributed by atoms with Crippen LogP contribution in [0, 0.1) is 5.41 Å². The van der Waals surface area contributed by atoms with E-state index in [2.05, 4.69) is 32.7 Å². The van der Waals surface area contributed by atoms with Crippen molar-refractivity contribution in [2.75, 3.05) is 44.6 Å². The average Bonchev–Trinajstić information content (AvgIpc) is 3.44. The van der Waals surface area contributed by atoms with Gasteiger partial charge in [0.2, 0.25) is 0 Å². The Morgan fingerprint density at radius 3 is 2.44 bits per heavy atom. The summed E-state index contributed by atoms with van der Waals surface area (Å²) in [6.45, 7) is 5.92. The van der Waals surface area contributed by atoms with Gasteiger partial charge >= 0.3 is 11.7 Å². The fourth-order valence-corrected chi connectivity index (χ4v) is 4.86. The van der Waals surface area contributed by atoms with Gasteiger partial charge in [0.25, 0.3) is 0 Å². The van der Waals surface area contributed by atoms with Crippen molar-refractivity contribution in [1.82, 2.24) is 24.7 Å². The van der Waals surface area contributed by atoms with Gasteiger partial charge < -0.3 is 16.0 Å². The average molecular weight is 438 g/mol. The summed E-state index contributed by atoms with van der Waals surface area (Å²) in [5.41, 5.74) is 8.11. The van der Waals surface area contributed by atoms with Crippen LogP contribution in [0.5, 0.6) is 0 Å². The lowest BCUT2D eigenvalue weighted by atomic mass is 9.92. The molecule has 9 heteroatoms. The van der Waals surface area contributed by atoms with E-state index < -0.39 is 5.69 Å². The molecule has 1 unspecified atom stereocenters. The molecule has 0 bridgehead atoms. The molecule has 3 heterocycles.